The monoisotopic (exact) mass is 467 g/mol. The van der Waals surface area contributed by atoms with Gasteiger partial charge in [-0.15, -0.1) is 0 Å². The Kier molecular flexibility index (Phi) is 17.3. The highest BCUT2D eigenvalue weighted by Crippen LogP contribution is 2.12. The van der Waals surface area contributed by atoms with E-state index in [0.29, 0.717) is 12.8 Å². The molecule has 0 aliphatic carbocycles. The summed E-state index contributed by atoms with van der Waals surface area (Å²) < 4.78 is 10.3. The van der Waals surface area contributed by atoms with Crippen LogP contribution >= 0.6 is 0 Å². The molecule has 1 heterocycles. The van der Waals surface area contributed by atoms with Gasteiger partial charge >= 0.3 is 11.9 Å². The standard InChI is InChI=1S/C26H45NO6/c1-2-3-4-5-6-7-8-9-10-11-12-13-14-15-16-17-25(30)32-21-22(20-28)33-26(31)23-18-19-24(29)27-23/h9-10,22-23,28H,2-8,11-21H2,1H3,(H,27,29)/t22?,23-/m0/s1. The SMILES string of the molecule is CCCCCCCCC=CCCCCCCCC(=O)OCC(CO)OC(=O)[C@@H]1CCC(=O)N1. The number of aliphatic hydroxyl groups excluding tert-OH is 1. The number of esters is 2. The van der Waals surface area contributed by atoms with E-state index in [2.05, 4.69) is 24.4 Å². The lowest BCUT2D eigenvalue weighted by Gasteiger charge is -2.18. The molecule has 0 saturated carbocycles. The molecule has 1 aliphatic rings. The number of hydrogen-bond donors (Lipinski definition) is 2. The van der Waals surface area contributed by atoms with Crippen LogP contribution in [0.3, 0.4) is 0 Å². The van der Waals surface area contributed by atoms with Crippen molar-refractivity contribution in [3.8, 4) is 0 Å². The molecule has 0 aromatic carbocycles. The Hall–Kier alpha value is -1.89. The summed E-state index contributed by atoms with van der Waals surface area (Å²) in [5, 5.41) is 11.9. The zero-order valence-electron chi connectivity index (χ0n) is 20.5. The van der Waals surface area contributed by atoms with E-state index < -0.39 is 24.7 Å². The summed E-state index contributed by atoms with van der Waals surface area (Å²) in [5.41, 5.74) is 0. The van der Waals surface area contributed by atoms with Gasteiger partial charge in [-0.25, -0.2) is 4.79 Å². The number of carbonyl (C=O) groups excluding carboxylic acids is 3. The summed E-state index contributed by atoms with van der Waals surface area (Å²) in [6, 6.07) is -0.682. The molecule has 0 bridgehead atoms. The van der Waals surface area contributed by atoms with Gasteiger partial charge in [-0.2, -0.15) is 0 Å². The maximum Gasteiger partial charge on any atom is 0.329 e. The van der Waals surface area contributed by atoms with E-state index in [1.165, 1.54) is 51.4 Å². The van der Waals surface area contributed by atoms with Crippen LogP contribution in [-0.2, 0) is 23.9 Å². The normalized spacial score (nSPS) is 16.7. The van der Waals surface area contributed by atoms with Gasteiger partial charge < -0.3 is 19.9 Å². The summed E-state index contributed by atoms with van der Waals surface area (Å²) in [4.78, 5) is 35.0. The topological polar surface area (TPSA) is 102 Å². The van der Waals surface area contributed by atoms with Crippen LogP contribution in [0.1, 0.15) is 110 Å². The lowest BCUT2D eigenvalue weighted by Crippen LogP contribution is -2.39. The van der Waals surface area contributed by atoms with Crippen molar-refractivity contribution in [2.24, 2.45) is 0 Å². The molecule has 7 nitrogen and oxygen atoms in total. The first kappa shape index (κ1) is 29.1. The second-order valence-electron chi connectivity index (χ2n) is 8.92. The Labute approximate surface area is 199 Å². The Bertz CT molecular complexity index is 577. The molecular formula is C26H45NO6. The van der Waals surface area contributed by atoms with Crippen molar-refractivity contribution in [1.82, 2.24) is 5.32 Å². The molecule has 190 valence electrons. The summed E-state index contributed by atoms with van der Waals surface area (Å²) in [6.07, 6.45) is 20.3. The fraction of sp³-hybridized carbons (Fsp3) is 0.808. The fourth-order valence-electron chi connectivity index (χ4n) is 3.76. The summed E-state index contributed by atoms with van der Waals surface area (Å²) in [7, 11) is 0. The van der Waals surface area contributed by atoms with Crippen LogP contribution in [0.15, 0.2) is 12.2 Å². The van der Waals surface area contributed by atoms with Crippen LogP contribution in [-0.4, -0.2) is 48.3 Å². The highest BCUT2D eigenvalue weighted by atomic mass is 16.6. The second kappa shape index (κ2) is 19.6. The van der Waals surface area contributed by atoms with Crippen molar-refractivity contribution < 1.29 is 29.0 Å². The van der Waals surface area contributed by atoms with E-state index in [4.69, 9.17) is 9.47 Å². The molecule has 1 amide bonds. The van der Waals surface area contributed by atoms with Gasteiger partial charge in [-0.3, -0.25) is 9.59 Å². The van der Waals surface area contributed by atoms with Gasteiger partial charge in [0.25, 0.3) is 0 Å². The smallest absolute Gasteiger partial charge is 0.329 e. The molecule has 0 spiro atoms. The molecule has 1 fully saturated rings. The minimum absolute atomic E-state index is 0.174. The average Bonchev–Trinajstić information content (AvgIpc) is 3.25. The third-order valence-corrected chi connectivity index (χ3v) is 5.84. The number of unbranched alkanes of at least 4 members (excludes halogenated alkanes) is 11. The number of aliphatic hydroxyl groups is 1. The highest BCUT2D eigenvalue weighted by Gasteiger charge is 2.30. The second-order valence-corrected chi connectivity index (χ2v) is 8.92. The van der Waals surface area contributed by atoms with Crippen LogP contribution in [0, 0.1) is 0 Å². The molecule has 1 unspecified atom stereocenters. The molecule has 0 aromatic heterocycles. The van der Waals surface area contributed by atoms with E-state index in [1.807, 2.05) is 0 Å². The van der Waals surface area contributed by atoms with Crippen molar-refractivity contribution >= 4 is 17.8 Å². The predicted molar refractivity (Wildman–Crippen MR) is 129 cm³/mol. The number of ether oxygens (including phenoxy) is 2. The van der Waals surface area contributed by atoms with Crippen molar-refractivity contribution in [2.45, 2.75) is 122 Å². The third-order valence-electron chi connectivity index (χ3n) is 5.84. The third kappa shape index (κ3) is 15.6. The van der Waals surface area contributed by atoms with E-state index >= 15 is 0 Å². The number of nitrogens with one attached hydrogen (secondary N) is 1. The van der Waals surface area contributed by atoms with Gasteiger partial charge in [0.1, 0.15) is 12.6 Å². The maximum atomic E-state index is 11.9. The largest absolute Gasteiger partial charge is 0.462 e. The van der Waals surface area contributed by atoms with Gasteiger partial charge in [0.15, 0.2) is 6.10 Å². The lowest BCUT2D eigenvalue weighted by molar-refractivity contribution is -0.163. The van der Waals surface area contributed by atoms with Gasteiger partial charge in [0.05, 0.1) is 6.61 Å². The van der Waals surface area contributed by atoms with Crippen molar-refractivity contribution in [3.63, 3.8) is 0 Å². The van der Waals surface area contributed by atoms with Crippen LogP contribution in [0.5, 0.6) is 0 Å². The van der Waals surface area contributed by atoms with Crippen LogP contribution < -0.4 is 5.32 Å². The van der Waals surface area contributed by atoms with Crippen molar-refractivity contribution in [2.75, 3.05) is 13.2 Å². The van der Waals surface area contributed by atoms with Crippen LogP contribution in [0.25, 0.3) is 0 Å². The van der Waals surface area contributed by atoms with E-state index in [9.17, 15) is 19.5 Å². The zero-order valence-corrected chi connectivity index (χ0v) is 20.5. The lowest BCUT2D eigenvalue weighted by atomic mass is 10.1. The van der Waals surface area contributed by atoms with E-state index in [1.54, 1.807) is 0 Å². The summed E-state index contributed by atoms with van der Waals surface area (Å²) in [6.45, 7) is 1.64. The van der Waals surface area contributed by atoms with E-state index in [0.717, 1.165) is 32.1 Å². The van der Waals surface area contributed by atoms with Gasteiger partial charge in [0.2, 0.25) is 5.91 Å². The number of carbonyl (C=O) groups is 3. The molecule has 0 aromatic rings. The van der Waals surface area contributed by atoms with Crippen molar-refractivity contribution in [1.29, 1.82) is 0 Å². The Morgan fingerprint density at radius 1 is 1.00 bits per heavy atom. The molecule has 2 atom stereocenters. The van der Waals surface area contributed by atoms with Gasteiger partial charge in [0, 0.05) is 12.8 Å². The number of amides is 1. The molecule has 1 rings (SSSR count). The molecule has 7 heteroatoms. The van der Waals surface area contributed by atoms with E-state index in [-0.39, 0.29) is 24.9 Å². The Morgan fingerprint density at radius 3 is 2.18 bits per heavy atom. The Balaban J connectivity index is 1.94. The first-order valence-electron chi connectivity index (χ1n) is 13.0. The predicted octanol–water partition coefficient (Wildman–Crippen LogP) is 4.75. The number of hydrogen-bond acceptors (Lipinski definition) is 6. The molecule has 0 radical (unpaired) electrons. The minimum Gasteiger partial charge on any atom is -0.462 e. The Morgan fingerprint density at radius 2 is 1.61 bits per heavy atom. The van der Waals surface area contributed by atoms with Gasteiger partial charge in [-0.05, 0) is 38.5 Å². The molecule has 1 aliphatic heterocycles. The molecular weight excluding hydrogens is 422 g/mol. The molecule has 1 saturated heterocycles. The molecule has 33 heavy (non-hydrogen) atoms. The van der Waals surface area contributed by atoms with Crippen molar-refractivity contribution in [3.05, 3.63) is 12.2 Å². The number of allylic oxidation sites excluding steroid dienone is 2. The summed E-state index contributed by atoms with van der Waals surface area (Å²) >= 11 is 0. The maximum absolute atomic E-state index is 11.9. The van der Waals surface area contributed by atoms with Crippen LogP contribution in [0.4, 0.5) is 0 Å². The number of rotatable bonds is 20. The first-order chi connectivity index (χ1) is 16.1. The van der Waals surface area contributed by atoms with Gasteiger partial charge in [-0.1, -0.05) is 70.4 Å². The van der Waals surface area contributed by atoms with Crippen LogP contribution in [0.2, 0.25) is 0 Å². The quantitative estimate of drug-likeness (QED) is 0.152. The molecule has 2 N–H and O–H groups in total. The average molecular weight is 468 g/mol. The fourth-order valence-corrected chi connectivity index (χ4v) is 3.76. The minimum atomic E-state index is -0.909. The summed E-state index contributed by atoms with van der Waals surface area (Å²) in [5.74, 6) is -1.15. The first-order valence-corrected chi connectivity index (χ1v) is 13.0. The zero-order chi connectivity index (χ0) is 24.2. The highest BCUT2D eigenvalue weighted by molar-refractivity contribution is 5.88.